The standard InChI is InChI=1S/C21H21NO5/c1-14(23)25-16-5-7-17(8-6-16)26-18-9-10-19-15(13-18)11-12-22(19)20(24)27-21(2,3)4/h5-13H,1-4H3. The molecule has 6 heteroatoms. The maximum atomic E-state index is 12.3. The van der Waals surface area contributed by atoms with E-state index in [1.54, 1.807) is 36.5 Å². The number of benzene rings is 2. The number of hydrogen-bond acceptors (Lipinski definition) is 5. The Morgan fingerprint density at radius 2 is 1.52 bits per heavy atom. The molecule has 0 unspecified atom stereocenters. The van der Waals surface area contributed by atoms with Crippen molar-refractivity contribution >= 4 is 23.0 Å². The Bertz CT molecular complexity index is 980. The van der Waals surface area contributed by atoms with E-state index in [1.807, 2.05) is 39.0 Å². The Labute approximate surface area is 157 Å². The molecule has 6 nitrogen and oxygen atoms in total. The molecular weight excluding hydrogens is 346 g/mol. The van der Waals surface area contributed by atoms with Gasteiger partial charge in [0.05, 0.1) is 5.52 Å². The van der Waals surface area contributed by atoms with E-state index >= 15 is 0 Å². The third-order valence-electron chi connectivity index (χ3n) is 3.57. The van der Waals surface area contributed by atoms with Gasteiger partial charge in [0.15, 0.2) is 0 Å². The molecule has 27 heavy (non-hydrogen) atoms. The molecule has 3 aromatic rings. The molecule has 0 spiro atoms. The summed E-state index contributed by atoms with van der Waals surface area (Å²) in [7, 11) is 0. The predicted molar refractivity (Wildman–Crippen MR) is 101 cm³/mol. The first-order valence-electron chi connectivity index (χ1n) is 8.52. The summed E-state index contributed by atoms with van der Waals surface area (Å²) in [6, 6.07) is 14.0. The lowest BCUT2D eigenvalue weighted by Crippen LogP contribution is -2.26. The van der Waals surface area contributed by atoms with Gasteiger partial charge in [-0.25, -0.2) is 4.79 Å². The zero-order valence-corrected chi connectivity index (χ0v) is 15.7. The normalized spacial score (nSPS) is 11.3. The molecule has 140 valence electrons. The van der Waals surface area contributed by atoms with Gasteiger partial charge in [-0.05, 0) is 69.3 Å². The van der Waals surface area contributed by atoms with Gasteiger partial charge < -0.3 is 14.2 Å². The number of aromatic nitrogens is 1. The van der Waals surface area contributed by atoms with Crippen molar-refractivity contribution in [2.45, 2.75) is 33.3 Å². The summed E-state index contributed by atoms with van der Waals surface area (Å²) >= 11 is 0. The first-order chi connectivity index (χ1) is 12.7. The van der Waals surface area contributed by atoms with Gasteiger partial charge in [0.25, 0.3) is 0 Å². The van der Waals surface area contributed by atoms with Crippen LogP contribution in [0.5, 0.6) is 17.2 Å². The van der Waals surface area contributed by atoms with E-state index < -0.39 is 11.7 Å². The zero-order chi connectivity index (χ0) is 19.6. The fourth-order valence-electron chi connectivity index (χ4n) is 2.53. The molecular formula is C21H21NO5. The molecule has 0 aliphatic rings. The molecule has 1 heterocycles. The van der Waals surface area contributed by atoms with Crippen LogP contribution >= 0.6 is 0 Å². The highest BCUT2D eigenvalue weighted by atomic mass is 16.6. The summed E-state index contributed by atoms with van der Waals surface area (Å²) in [6.45, 7) is 6.84. The van der Waals surface area contributed by atoms with Crippen LogP contribution in [-0.4, -0.2) is 22.2 Å². The maximum Gasteiger partial charge on any atom is 0.418 e. The lowest BCUT2D eigenvalue weighted by molar-refractivity contribution is -0.131. The van der Waals surface area contributed by atoms with E-state index in [1.165, 1.54) is 11.5 Å². The number of nitrogens with zero attached hydrogens (tertiary/aromatic N) is 1. The topological polar surface area (TPSA) is 66.8 Å². The van der Waals surface area contributed by atoms with Crippen LogP contribution in [0.3, 0.4) is 0 Å². The van der Waals surface area contributed by atoms with Gasteiger partial charge in [-0.3, -0.25) is 9.36 Å². The number of carbonyl (C=O) groups excluding carboxylic acids is 2. The van der Waals surface area contributed by atoms with Crippen LogP contribution in [0, 0.1) is 0 Å². The van der Waals surface area contributed by atoms with Gasteiger partial charge in [-0.1, -0.05) is 0 Å². The van der Waals surface area contributed by atoms with Crippen LogP contribution in [0.25, 0.3) is 10.9 Å². The van der Waals surface area contributed by atoms with E-state index in [-0.39, 0.29) is 5.97 Å². The van der Waals surface area contributed by atoms with Crippen LogP contribution in [0.1, 0.15) is 27.7 Å². The first kappa shape index (κ1) is 18.5. The van der Waals surface area contributed by atoms with Crippen LogP contribution in [-0.2, 0) is 9.53 Å². The lowest BCUT2D eigenvalue weighted by atomic mass is 10.2. The molecule has 0 saturated carbocycles. The zero-order valence-electron chi connectivity index (χ0n) is 15.7. The summed E-state index contributed by atoms with van der Waals surface area (Å²) < 4.78 is 17.7. The number of hydrogen-bond donors (Lipinski definition) is 0. The molecule has 0 aliphatic carbocycles. The summed E-state index contributed by atoms with van der Waals surface area (Å²) in [5, 5.41) is 0.856. The Morgan fingerprint density at radius 1 is 0.889 bits per heavy atom. The molecule has 2 aromatic carbocycles. The van der Waals surface area contributed by atoms with Crippen molar-refractivity contribution in [3.63, 3.8) is 0 Å². The molecule has 0 bridgehead atoms. The quantitative estimate of drug-likeness (QED) is 0.473. The van der Waals surface area contributed by atoms with Crippen molar-refractivity contribution in [2.24, 2.45) is 0 Å². The van der Waals surface area contributed by atoms with Crippen LogP contribution in [0.15, 0.2) is 54.7 Å². The molecule has 0 amide bonds. The molecule has 0 N–H and O–H groups in total. The summed E-state index contributed by atoms with van der Waals surface area (Å²) in [6.07, 6.45) is 1.25. The molecule has 0 radical (unpaired) electrons. The highest BCUT2D eigenvalue weighted by molar-refractivity contribution is 5.90. The van der Waals surface area contributed by atoms with Gasteiger partial charge in [-0.2, -0.15) is 0 Å². The van der Waals surface area contributed by atoms with Crippen LogP contribution < -0.4 is 9.47 Å². The van der Waals surface area contributed by atoms with Gasteiger partial charge in [-0.15, -0.1) is 0 Å². The van der Waals surface area contributed by atoms with Crippen molar-refractivity contribution in [3.05, 3.63) is 54.7 Å². The van der Waals surface area contributed by atoms with Crippen molar-refractivity contribution in [3.8, 4) is 17.2 Å². The predicted octanol–water partition coefficient (Wildman–Crippen LogP) is 5.14. The van der Waals surface area contributed by atoms with Crippen LogP contribution in [0.2, 0.25) is 0 Å². The van der Waals surface area contributed by atoms with Gasteiger partial charge in [0.1, 0.15) is 22.8 Å². The smallest absolute Gasteiger partial charge is 0.418 e. The van der Waals surface area contributed by atoms with Crippen LogP contribution in [0.4, 0.5) is 4.79 Å². The summed E-state index contributed by atoms with van der Waals surface area (Å²) in [5.41, 5.74) is 0.177. The minimum atomic E-state index is -0.561. The molecule has 0 atom stereocenters. The molecule has 0 aliphatic heterocycles. The Kier molecular flexibility index (Phi) is 4.90. The number of ether oxygens (including phenoxy) is 3. The van der Waals surface area contributed by atoms with E-state index in [4.69, 9.17) is 14.2 Å². The Morgan fingerprint density at radius 3 is 2.15 bits per heavy atom. The highest BCUT2D eigenvalue weighted by Crippen LogP contribution is 2.28. The monoisotopic (exact) mass is 367 g/mol. The highest BCUT2D eigenvalue weighted by Gasteiger charge is 2.19. The van der Waals surface area contributed by atoms with E-state index in [9.17, 15) is 9.59 Å². The number of carbonyl (C=O) groups is 2. The third-order valence-corrected chi connectivity index (χ3v) is 3.57. The number of fused-ring (bicyclic) bond motifs is 1. The van der Waals surface area contributed by atoms with Gasteiger partial charge >= 0.3 is 12.1 Å². The third kappa shape index (κ3) is 4.67. The Hall–Kier alpha value is -3.28. The van der Waals surface area contributed by atoms with Crippen molar-refractivity contribution in [2.75, 3.05) is 0 Å². The minimum absolute atomic E-state index is 0.372. The maximum absolute atomic E-state index is 12.3. The van der Waals surface area contributed by atoms with Crippen molar-refractivity contribution in [1.29, 1.82) is 0 Å². The summed E-state index contributed by atoms with van der Waals surface area (Å²) in [4.78, 5) is 23.2. The van der Waals surface area contributed by atoms with E-state index in [0.717, 1.165) is 10.9 Å². The molecule has 3 rings (SSSR count). The molecule has 0 saturated heterocycles. The molecule has 0 fully saturated rings. The second-order valence-corrected chi connectivity index (χ2v) is 7.05. The van der Waals surface area contributed by atoms with Crippen molar-refractivity contribution in [1.82, 2.24) is 4.57 Å². The SMILES string of the molecule is CC(=O)Oc1ccc(Oc2ccc3c(ccn3C(=O)OC(C)(C)C)c2)cc1. The first-order valence-corrected chi connectivity index (χ1v) is 8.52. The van der Waals surface area contributed by atoms with E-state index in [2.05, 4.69) is 0 Å². The van der Waals surface area contributed by atoms with E-state index in [0.29, 0.717) is 17.2 Å². The fourth-order valence-corrected chi connectivity index (χ4v) is 2.53. The number of rotatable bonds is 3. The average Bonchev–Trinajstić information content (AvgIpc) is 2.98. The second-order valence-electron chi connectivity index (χ2n) is 7.05. The average molecular weight is 367 g/mol. The minimum Gasteiger partial charge on any atom is -0.457 e. The second kappa shape index (κ2) is 7.15. The fraction of sp³-hybridized carbons (Fsp3) is 0.238. The van der Waals surface area contributed by atoms with Gasteiger partial charge in [0, 0.05) is 18.5 Å². The number of esters is 1. The van der Waals surface area contributed by atoms with Gasteiger partial charge in [0.2, 0.25) is 0 Å². The summed E-state index contributed by atoms with van der Waals surface area (Å²) in [5.74, 6) is 1.32. The largest absolute Gasteiger partial charge is 0.457 e. The molecule has 1 aromatic heterocycles. The lowest BCUT2D eigenvalue weighted by Gasteiger charge is -2.19. The Balaban J connectivity index is 1.77. The van der Waals surface area contributed by atoms with Crippen molar-refractivity contribution < 1.29 is 23.8 Å².